The Hall–Kier alpha value is -0.880. The molecule has 2 aromatic carbocycles. The first kappa shape index (κ1) is 14.5. The third kappa shape index (κ3) is 2.56. The van der Waals surface area contributed by atoms with Crippen molar-refractivity contribution in [1.82, 2.24) is 0 Å². The van der Waals surface area contributed by atoms with Gasteiger partial charge in [-0.25, -0.2) is 5.14 Å². The van der Waals surface area contributed by atoms with Gasteiger partial charge in [0.15, 0.2) is 0 Å². The van der Waals surface area contributed by atoms with E-state index in [0.717, 1.165) is 24.3 Å². The zero-order valence-corrected chi connectivity index (χ0v) is 11.8. The number of hydrogen-bond donors (Lipinski definition) is 1. The molecule has 19 heavy (non-hydrogen) atoms. The fourth-order valence-corrected chi connectivity index (χ4v) is 3.61. The van der Waals surface area contributed by atoms with Gasteiger partial charge in [0, 0.05) is 10.0 Å². The number of hydrogen-bond acceptors (Lipinski definition) is 1. The largest absolute Gasteiger partial charge is 0.237 e. The molecule has 2 N–H and O–H groups in total. The van der Waals surface area contributed by atoms with Crippen LogP contribution in [0.2, 0.25) is 10.0 Å². The first-order chi connectivity index (χ1) is 8.53. The predicted molar refractivity (Wildman–Crippen MR) is 74.5 cm³/mol. The van der Waals surface area contributed by atoms with Crippen molar-refractivity contribution in [2.45, 2.75) is 9.79 Å². The van der Waals surface area contributed by atoms with Crippen LogP contribution >= 0.6 is 32.8 Å². The lowest BCUT2D eigenvalue weighted by atomic mass is 10.4. The van der Waals surface area contributed by atoms with E-state index in [1.807, 2.05) is 0 Å². The summed E-state index contributed by atoms with van der Waals surface area (Å²) < 4.78 is 44.0. The molecule has 7 heteroatoms. The Balaban J connectivity index is 2.71. The summed E-state index contributed by atoms with van der Waals surface area (Å²) >= 11 is 11.2. The molecular weight excluding hydrogens is 318 g/mol. The highest BCUT2D eigenvalue weighted by atomic mass is 35.5. The molecule has 0 bridgehead atoms. The SMILES string of the molecule is NS(F)(F)(F)(c1ccc(Cl)cc1)c1ccc(Cl)cc1. The van der Waals surface area contributed by atoms with Crippen molar-refractivity contribution in [1.29, 1.82) is 0 Å². The average molecular weight is 328 g/mol. The highest BCUT2D eigenvalue weighted by Crippen LogP contribution is 2.97. The van der Waals surface area contributed by atoms with Crippen molar-refractivity contribution in [3.63, 3.8) is 0 Å². The highest BCUT2D eigenvalue weighted by molar-refractivity contribution is 8.52. The van der Waals surface area contributed by atoms with Gasteiger partial charge in [0.25, 0.3) is 0 Å². The maximum atomic E-state index is 14.7. The molecule has 2 aromatic rings. The zero-order valence-electron chi connectivity index (χ0n) is 9.49. The third-order valence-corrected chi connectivity index (χ3v) is 5.80. The maximum absolute atomic E-state index is 14.7. The minimum Gasteiger partial charge on any atom is -0.237 e. The van der Waals surface area contributed by atoms with E-state index in [4.69, 9.17) is 28.3 Å². The summed E-state index contributed by atoms with van der Waals surface area (Å²) in [4.78, 5) is -1.79. The molecule has 0 saturated carbocycles. The molecule has 2 rings (SSSR count). The fraction of sp³-hybridized carbons (Fsp3) is 0. The molecule has 0 aliphatic rings. The Morgan fingerprint density at radius 2 is 0.947 bits per heavy atom. The van der Waals surface area contributed by atoms with Gasteiger partial charge in [0.2, 0.25) is 0 Å². The molecule has 0 saturated heterocycles. The van der Waals surface area contributed by atoms with E-state index in [1.54, 1.807) is 0 Å². The molecule has 0 radical (unpaired) electrons. The first-order valence-electron chi connectivity index (χ1n) is 5.13. The average Bonchev–Trinajstić information content (AvgIpc) is 2.28. The second-order valence-electron chi connectivity index (χ2n) is 4.15. The number of benzene rings is 2. The normalized spacial score (nSPS) is 15.7. The van der Waals surface area contributed by atoms with Crippen LogP contribution in [0.25, 0.3) is 0 Å². The number of nitrogens with two attached hydrogens (primary N) is 1. The summed E-state index contributed by atoms with van der Waals surface area (Å²) in [5, 5.41) is 5.41. The van der Waals surface area contributed by atoms with Gasteiger partial charge in [-0.2, -0.15) is 0 Å². The van der Waals surface area contributed by atoms with Crippen LogP contribution in [0.15, 0.2) is 58.3 Å². The Bertz CT molecular complexity index is 568. The summed E-state index contributed by atoms with van der Waals surface area (Å²) in [5.74, 6) is 0. The van der Waals surface area contributed by atoms with E-state index >= 15 is 0 Å². The summed E-state index contributed by atoms with van der Waals surface area (Å²) in [6.07, 6.45) is 0. The molecule has 0 heterocycles. The van der Waals surface area contributed by atoms with E-state index in [2.05, 4.69) is 0 Å². The number of rotatable bonds is 2. The van der Waals surface area contributed by atoms with Gasteiger partial charge in [-0.15, -0.1) is 11.7 Å². The molecule has 0 amide bonds. The minimum absolute atomic E-state index is 0.216. The van der Waals surface area contributed by atoms with Crippen LogP contribution in [-0.2, 0) is 0 Å². The molecule has 104 valence electrons. The minimum atomic E-state index is -7.55. The molecule has 1 nitrogen and oxygen atoms in total. The third-order valence-electron chi connectivity index (χ3n) is 2.67. The van der Waals surface area contributed by atoms with Crippen LogP contribution in [0.1, 0.15) is 0 Å². The molecule has 0 spiro atoms. The monoisotopic (exact) mass is 327 g/mol. The van der Waals surface area contributed by atoms with Gasteiger partial charge in [-0.05, 0) is 48.5 Å². The second kappa shape index (κ2) is 3.82. The quantitative estimate of drug-likeness (QED) is 0.739. The van der Waals surface area contributed by atoms with Gasteiger partial charge in [-0.3, -0.25) is 0 Å². The summed E-state index contributed by atoms with van der Waals surface area (Å²) in [6.45, 7) is 0. The maximum Gasteiger partial charge on any atom is 0.135 e. The van der Waals surface area contributed by atoms with Gasteiger partial charge in [0.05, 0.1) is 9.79 Å². The van der Waals surface area contributed by atoms with Gasteiger partial charge in [-0.1, -0.05) is 23.2 Å². The molecular formula is C12H10Cl2F3NS. The van der Waals surface area contributed by atoms with Crippen molar-refractivity contribution in [2.24, 2.45) is 5.14 Å². The van der Waals surface area contributed by atoms with Crippen molar-refractivity contribution >= 4 is 32.8 Å². The topological polar surface area (TPSA) is 26.0 Å². The van der Waals surface area contributed by atoms with E-state index in [1.165, 1.54) is 24.3 Å². The highest BCUT2D eigenvalue weighted by Gasteiger charge is 2.61. The van der Waals surface area contributed by atoms with Crippen molar-refractivity contribution in [3.8, 4) is 0 Å². The van der Waals surface area contributed by atoms with Crippen molar-refractivity contribution in [3.05, 3.63) is 58.6 Å². The summed E-state index contributed by atoms with van der Waals surface area (Å²) in [7, 11) is -7.55. The van der Waals surface area contributed by atoms with E-state index in [-0.39, 0.29) is 10.0 Å². The Labute approximate surface area is 118 Å². The first-order valence-corrected chi connectivity index (χ1v) is 8.10. The molecule has 0 aromatic heterocycles. The zero-order chi connectivity index (χ0) is 14.4. The summed E-state index contributed by atoms with van der Waals surface area (Å²) in [5.41, 5.74) is 0. The van der Waals surface area contributed by atoms with Gasteiger partial charge >= 0.3 is 0 Å². The van der Waals surface area contributed by atoms with Crippen molar-refractivity contribution < 1.29 is 11.7 Å². The molecule has 0 atom stereocenters. The van der Waals surface area contributed by atoms with Crippen LogP contribution in [0.3, 0.4) is 0 Å². The Morgan fingerprint density at radius 3 is 1.21 bits per heavy atom. The van der Waals surface area contributed by atoms with Gasteiger partial charge in [0.1, 0.15) is 9.64 Å². The predicted octanol–water partition coefficient (Wildman–Crippen LogP) is 5.81. The summed E-state index contributed by atoms with van der Waals surface area (Å²) in [6, 6.07) is 8.21. The smallest absolute Gasteiger partial charge is 0.135 e. The fourth-order valence-electron chi connectivity index (χ4n) is 1.61. The lowest BCUT2D eigenvalue weighted by molar-refractivity contribution is 0.538. The Kier molecular flexibility index (Phi) is 2.92. The van der Waals surface area contributed by atoms with Crippen LogP contribution < -0.4 is 5.14 Å². The van der Waals surface area contributed by atoms with E-state index < -0.39 is 19.4 Å². The standard InChI is InChI=1S/C12H10Cl2F3NS/c13-9-1-5-11(6-2-9)19(15,16,17,18)12-7-3-10(14)4-8-12/h1-8H,18H2. The lowest BCUT2D eigenvalue weighted by Gasteiger charge is -2.54. The van der Waals surface area contributed by atoms with Gasteiger partial charge < -0.3 is 0 Å². The molecule has 0 fully saturated rings. The Morgan fingerprint density at radius 1 is 0.684 bits per heavy atom. The van der Waals surface area contributed by atoms with E-state index in [0.29, 0.717) is 0 Å². The van der Waals surface area contributed by atoms with Crippen LogP contribution in [0, 0.1) is 0 Å². The van der Waals surface area contributed by atoms with Crippen molar-refractivity contribution in [2.75, 3.05) is 0 Å². The van der Waals surface area contributed by atoms with Crippen LogP contribution in [0.4, 0.5) is 11.7 Å². The molecule has 0 aliphatic heterocycles. The molecule has 0 unspecified atom stereocenters. The number of halogens is 5. The second-order valence-corrected chi connectivity index (χ2v) is 8.45. The van der Waals surface area contributed by atoms with Crippen LogP contribution in [-0.4, -0.2) is 0 Å². The molecule has 0 aliphatic carbocycles. The van der Waals surface area contributed by atoms with E-state index in [9.17, 15) is 11.7 Å². The lowest BCUT2D eigenvalue weighted by Crippen LogP contribution is -2.30. The van der Waals surface area contributed by atoms with Crippen LogP contribution in [0.5, 0.6) is 0 Å².